The minimum atomic E-state index is -0.480. The molecule has 2 aromatic rings. The van der Waals surface area contributed by atoms with Gasteiger partial charge in [0, 0.05) is 12.0 Å². The molecule has 0 atom stereocenters. The highest BCUT2D eigenvalue weighted by atomic mass is 16.4. The number of hydrazone groups is 1. The third kappa shape index (κ3) is 2.88. The maximum absolute atomic E-state index is 11.6. The third-order valence-electron chi connectivity index (χ3n) is 3.74. The number of hydrogen-bond acceptors (Lipinski definition) is 5. The van der Waals surface area contributed by atoms with Crippen LogP contribution in [0, 0.1) is 5.41 Å². The smallest absolute Gasteiger partial charge is 0.359 e. The predicted octanol–water partition coefficient (Wildman–Crippen LogP) is 3.01. The number of para-hydroxylation sites is 1. The molecule has 0 amide bonds. The standard InChI is InChI=1S/C17H19N3O2/c1-17(2)9-14(20-19-11-6-4-3-5-7-11)12-8-13(18)16(21)22-15(12)10-17/h3-8,19H,9-10,18H2,1-2H3/b20-14+. The van der Waals surface area contributed by atoms with Crippen LogP contribution in [0.4, 0.5) is 11.4 Å². The Morgan fingerprint density at radius 2 is 1.95 bits per heavy atom. The lowest BCUT2D eigenvalue weighted by Gasteiger charge is -2.30. The largest absolute Gasteiger partial charge is 0.426 e. The molecule has 0 aliphatic heterocycles. The highest BCUT2D eigenvalue weighted by Crippen LogP contribution is 2.35. The maximum Gasteiger partial charge on any atom is 0.359 e. The number of benzene rings is 1. The zero-order valence-electron chi connectivity index (χ0n) is 12.7. The zero-order chi connectivity index (χ0) is 15.7. The van der Waals surface area contributed by atoms with E-state index >= 15 is 0 Å². The summed E-state index contributed by atoms with van der Waals surface area (Å²) in [6.07, 6.45) is 1.48. The molecule has 0 unspecified atom stereocenters. The second kappa shape index (κ2) is 5.33. The topological polar surface area (TPSA) is 80.6 Å². The first-order chi connectivity index (χ1) is 10.4. The van der Waals surface area contributed by atoms with E-state index in [1.165, 1.54) is 0 Å². The van der Waals surface area contributed by atoms with Gasteiger partial charge < -0.3 is 10.2 Å². The van der Waals surface area contributed by atoms with Gasteiger partial charge in [0.15, 0.2) is 0 Å². The van der Waals surface area contributed by atoms with Crippen molar-refractivity contribution >= 4 is 17.1 Å². The van der Waals surface area contributed by atoms with Crippen LogP contribution < -0.4 is 16.8 Å². The van der Waals surface area contributed by atoms with Crippen molar-refractivity contribution in [1.82, 2.24) is 0 Å². The number of nitrogens with zero attached hydrogens (tertiary/aromatic N) is 1. The molecule has 1 aromatic heterocycles. The average Bonchev–Trinajstić information content (AvgIpc) is 2.47. The first-order valence-electron chi connectivity index (χ1n) is 7.25. The van der Waals surface area contributed by atoms with Crippen LogP contribution in [0.2, 0.25) is 0 Å². The second-order valence-electron chi connectivity index (χ2n) is 6.38. The van der Waals surface area contributed by atoms with Crippen molar-refractivity contribution in [1.29, 1.82) is 0 Å². The summed E-state index contributed by atoms with van der Waals surface area (Å²) in [5.41, 5.74) is 11.0. The van der Waals surface area contributed by atoms with Gasteiger partial charge in [0.25, 0.3) is 0 Å². The van der Waals surface area contributed by atoms with Crippen LogP contribution in [0.1, 0.15) is 31.6 Å². The molecular weight excluding hydrogens is 278 g/mol. The maximum atomic E-state index is 11.6. The van der Waals surface area contributed by atoms with Gasteiger partial charge in [-0.3, -0.25) is 5.43 Å². The Labute approximate surface area is 128 Å². The number of anilines is 2. The van der Waals surface area contributed by atoms with Crippen molar-refractivity contribution in [3.05, 3.63) is 58.1 Å². The Balaban J connectivity index is 2.01. The average molecular weight is 297 g/mol. The number of rotatable bonds is 2. The first kappa shape index (κ1) is 14.4. The molecule has 3 rings (SSSR count). The van der Waals surface area contributed by atoms with E-state index in [1.807, 2.05) is 30.3 Å². The summed E-state index contributed by atoms with van der Waals surface area (Å²) in [6, 6.07) is 11.4. The lowest BCUT2D eigenvalue weighted by atomic mass is 9.76. The van der Waals surface area contributed by atoms with Gasteiger partial charge in [-0.05, 0) is 30.0 Å². The lowest BCUT2D eigenvalue weighted by molar-refractivity contribution is 0.319. The van der Waals surface area contributed by atoms with Crippen LogP contribution in [0.5, 0.6) is 0 Å². The highest BCUT2D eigenvalue weighted by Gasteiger charge is 2.32. The van der Waals surface area contributed by atoms with Gasteiger partial charge in [-0.15, -0.1) is 0 Å². The molecule has 0 spiro atoms. The molecule has 1 aliphatic carbocycles. The van der Waals surface area contributed by atoms with Crippen molar-refractivity contribution in [3.8, 4) is 0 Å². The van der Waals surface area contributed by atoms with Gasteiger partial charge >= 0.3 is 5.63 Å². The van der Waals surface area contributed by atoms with E-state index in [0.29, 0.717) is 12.2 Å². The van der Waals surface area contributed by atoms with Crippen LogP contribution in [-0.4, -0.2) is 5.71 Å². The van der Waals surface area contributed by atoms with Gasteiger partial charge in [0.05, 0.1) is 11.4 Å². The Morgan fingerprint density at radius 3 is 2.68 bits per heavy atom. The number of nitrogen functional groups attached to an aromatic ring is 1. The van der Waals surface area contributed by atoms with Crippen molar-refractivity contribution in [2.24, 2.45) is 10.5 Å². The summed E-state index contributed by atoms with van der Waals surface area (Å²) in [4.78, 5) is 11.6. The normalized spacial score (nSPS) is 18.0. The van der Waals surface area contributed by atoms with Crippen LogP contribution in [0.15, 0.2) is 50.7 Å². The fourth-order valence-corrected chi connectivity index (χ4v) is 2.69. The molecule has 1 heterocycles. The van der Waals surface area contributed by atoms with E-state index in [1.54, 1.807) is 6.07 Å². The molecule has 114 valence electrons. The Bertz CT molecular complexity index is 776. The fourth-order valence-electron chi connectivity index (χ4n) is 2.69. The molecular formula is C17H19N3O2. The lowest BCUT2D eigenvalue weighted by Crippen LogP contribution is -2.29. The van der Waals surface area contributed by atoms with Gasteiger partial charge in [-0.25, -0.2) is 4.79 Å². The zero-order valence-corrected chi connectivity index (χ0v) is 12.7. The summed E-state index contributed by atoms with van der Waals surface area (Å²) in [5, 5.41) is 4.51. The summed E-state index contributed by atoms with van der Waals surface area (Å²) >= 11 is 0. The van der Waals surface area contributed by atoms with Gasteiger partial charge in [0.2, 0.25) is 0 Å². The fraction of sp³-hybridized carbons (Fsp3) is 0.294. The molecule has 3 N–H and O–H groups in total. The molecule has 0 saturated heterocycles. The van der Waals surface area contributed by atoms with E-state index in [9.17, 15) is 4.79 Å². The summed E-state index contributed by atoms with van der Waals surface area (Å²) in [6.45, 7) is 4.26. The molecule has 22 heavy (non-hydrogen) atoms. The van der Waals surface area contributed by atoms with Crippen LogP contribution in [-0.2, 0) is 6.42 Å². The third-order valence-corrected chi connectivity index (χ3v) is 3.74. The minimum Gasteiger partial charge on any atom is -0.426 e. The van der Waals surface area contributed by atoms with E-state index in [-0.39, 0.29) is 11.1 Å². The number of nitrogens with one attached hydrogen (secondary N) is 1. The molecule has 5 nitrogen and oxygen atoms in total. The van der Waals surface area contributed by atoms with Crippen molar-refractivity contribution < 1.29 is 4.42 Å². The monoisotopic (exact) mass is 297 g/mol. The Hall–Kier alpha value is -2.56. The Morgan fingerprint density at radius 1 is 1.23 bits per heavy atom. The molecule has 5 heteroatoms. The minimum absolute atomic E-state index is 0.0176. The Kier molecular flexibility index (Phi) is 3.48. The SMILES string of the molecule is CC1(C)C/C(=N\Nc2ccccc2)c2cc(N)c(=O)oc2C1. The second-order valence-corrected chi connectivity index (χ2v) is 6.38. The van der Waals surface area contributed by atoms with Crippen molar-refractivity contribution in [3.63, 3.8) is 0 Å². The van der Waals surface area contributed by atoms with E-state index in [2.05, 4.69) is 24.4 Å². The van der Waals surface area contributed by atoms with E-state index in [4.69, 9.17) is 10.2 Å². The van der Waals surface area contributed by atoms with Gasteiger partial charge in [-0.2, -0.15) is 5.10 Å². The van der Waals surface area contributed by atoms with Crippen molar-refractivity contribution in [2.75, 3.05) is 11.2 Å². The van der Waals surface area contributed by atoms with Crippen molar-refractivity contribution in [2.45, 2.75) is 26.7 Å². The quantitative estimate of drug-likeness (QED) is 0.835. The van der Waals surface area contributed by atoms with Gasteiger partial charge in [-0.1, -0.05) is 32.0 Å². The van der Waals surface area contributed by atoms with Crippen LogP contribution in [0.25, 0.3) is 0 Å². The highest BCUT2D eigenvalue weighted by molar-refractivity contribution is 6.03. The molecule has 0 saturated carbocycles. The van der Waals surface area contributed by atoms with Gasteiger partial charge in [0.1, 0.15) is 11.4 Å². The molecule has 0 fully saturated rings. The van der Waals surface area contributed by atoms with E-state index in [0.717, 1.165) is 23.4 Å². The van der Waals surface area contributed by atoms with Crippen LogP contribution in [0.3, 0.4) is 0 Å². The number of hydrogen-bond donors (Lipinski definition) is 2. The molecule has 0 radical (unpaired) electrons. The summed E-state index contributed by atoms with van der Waals surface area (Å²) < 4.78 is 5.36. The number of fused-ring (bicyclic) bond motifs is 1. The summed E-state index contributed by atoms with van der Waals surface area (Å²) in [7, 11) is 0. The number of nitrogens with two attached hydrogens (primary N) is 1. The molecule has 1 aromatic carbocycles. The molecule has 1 aliphatic rings. The predicted molar refractivity (Wildman–Crippen MR) is 88.1 cm³/mol. The molecule has 0 bridgehead atoms. The van der Waals surface area contributed by atoms with Crippen LogP contribution >= 0.6 is 0 Å². The summed E-state index contributed by atoms with van der Waals surface area (Å²) in [5.74, 6) is 0.657. The van der Waals surface area contributed by atoms with E-state index < -0.39 is 5.63 Å². The first-order valence-corrected chi connectivity index (χ1v) is 7.25.